The lowest BCUT2D eigenvalue weighted by molar-refractivity contribution is 0.0734. The summed E-state index contributed by atoms with van der Waals surface area (Å²) < 4.78 is 6.31. The van der Waals surface area contributed by atoms with Gasteiger partial charge in [-0.2, -0.15) is 5.10 Å². The summed E-state index contributed by atoms with van der Waals surface area (Å²) in [6, 6.07) is 24.1. The maximum absolute atomic E-state index is 13.4. The minimum absolute atomic E-state index is 0.199. The Labute approximate surface area is 246 Å². The van der Waals surface area contributed by atoms with Crippen molar-refractivity contribution >= 4 is 79.7 Å². The zero-order valence-electron chi connectivity index (χ0n) is 19.8. The van der Waals surface area contributed by atoms with Crippen LogP contribution >= 0.6 is 50.7 Å². The van der Waals surface area contributed by atoms with Gasteiger partial charge in [0.1, 0.15) is 11.4 Å². The van der Waals surface area contributed by atoms with Crippen LogP contribution in [0.15, 0.2) is 94.5 Å². The van der Waals surface area contributed by atoms with Crippen LogP contribution in [-0.2, 0) is 0 Å². The van der Waals surface area contributed by atoms with Crippen molar-refractivity contribution in [3.8, 4) is 16.9 Å². The van der Waals surface area contributed by atoms with Crippen molar-refractivity contribution in [3.05, 3.63) is 121 Å². The number of carbonyl (C=O) groups is 2. The summed E-state index contributed by atoms with van der Waals surface area (Å²) in [5, 5.41) is 5.95. The Morgan fingerprint density at radius 1 is 0.897 bits per heavy atom. The van der Waals surface area contributed by atoms with E-state index in [1.165, 1.54) is 6.21 Å². The molecule has 5 rings (SSSR count). The molecule has 2 N–H and O–H groups in total. The Morgan fingerprint density at radius 3 is 2.41 bits per heavy atom. The van der Waals surface area contributed by atoms with Crippen LogP contribution in [-0.4, -0.2) is 23.1 Å². The molecule has 0 fully saturated rings. The van der Waals surface area contributed by atoms with Gasteiger partial charge in [-0.1, -0.05) is 87.1 Å². The molecule has 5 aromatic rings. The van der Waals surface area contributed by atoms with Gasteiger partial charge in [-0.15, -0.1) is 0 Å². The van der Waals surface area contributed by atoms with Gasteiger partial charge in [0.05, 0.1) is 16.8 Å². The molecule has 0 aliphatic carbocycles. The van der Waals surface area contributed by atoms with Crippen molar-refractivity contribution in [2.45, 2.75) is 0 Å². The number of carbonyl (C=O) groups excluding carboxylic acids is 2. The minimum Gasteiger partial charge on any atom is -0.422 e. The fraction of sp³-hybridized carbons (Fsp3) is 0. The van der Waals surface area contributed by atoms with Crippen molar-refractivity contribution in [2.75, 3.05) is 0 Å². The molecule has 0 saturated heterocycles. The summed E-state index contributed by atoms with van der Waals surface area (Å²) in [6.07, 6.45) is 1.39. The molecule has 1 heterocycles. The first kappa shape index (κ1) is 27.0. The Morgan fingerprint density at radius 2 is 1.64 bits per heavy atom. The lowest BCUT2D eigenvalue weighted by Gasteiger charge is -2.09. The predicted molar refractivity (Wildman–Crippen MR) is 159 cm³/mol. The zero-order valence-corrected chi connectivity index (χ0v) is 23.7. The van der Waals surface area contributed by atoms with Gasteiger partial charge in [0, 0.05) is 42.1 Å². The smallest absolute Gasteiger partial charge is 0.343 e. The highest BCUT2D eigenvalue weighted by Crippen LogP contribution is 2.41. The van der Waals surface area contributed by atoms with Crippen LogP contribution in [0.2, 0.25) is 15.1 Å². The van der Waals surface area contributed by atoms with Gasteiger partial charge < -0.3 is 9.72 Å². The van der Waals surface area contributed by atoms with E-state index in [0.29, 0.717) is 48.2 Å². The average Bonchev–Trinajstić information content (AvgIpc) is 3.30. The second-order valence-electron chi connectivity index (χ2n) is 8.30. The van der Waals surface area contributed by atoms with Crippen molar-refractivity contribution in [1.29, 1.82) is 0 Å². The highest BCUT2D eigenvalue weighted by Gasteiger charge is 2.23. The number of hydrogen-bond acceptors (Lipinski definition) is 4. The number of nitrogens with zero attached hydrogens (tertiary/aromatic N) is 1. The Kier molecular flexibility index (Phi) is 8.04. The molecule has 1 amide bonds. The van der Waals surface area contributed by atoms with E-state index in [2.05, 4.69) is 31.4 Å². The summed E-state index contributed by atoms with van der Waals surface area (Å²) in [6.45, 7) is 0. The number of aromatic nitrogens is 1. The number of amides is 1. The average molecular weight is 642 g/mol. The van der Waals surface area contributed by atoms with Crippen LogP contribution in [0.5, 0.6) is 5.75 Å². The molecule has 0 unspecified atom stereocenters. The normalized spacial score (nSPS) is 11.2. The van der Waals surface area contributed by atoms with Crippen LogP contribution in [0.1, 0.15) is 26.4 Å². The Balaban J connectivity index is 1.46. The number of rotatable bonds is 6. The number of fused-ring (bicyclic) bond motifs is 1. The molecule has 0 atom stereocenters. The number of ether oxygens (including phenoxy) is 1. The molecule has 0 saturated carbocycles. The van der Waals surface area contributed by atoms with Gasteiger partial charge in [-0.05, 0) is 48.5 Å². The van der Waals surface area contributed by atoms with Crippen LogP contribution in [0.25, 0.3) is 22.0 Å². The maximum Gasteiger partial charge on any atom is 0.343 e. The van der Waals surface area contributed by atoms with E-state index >= 15 is 0 Å². The number of aromatic amines is 1. The van der Waals surface area contributed by atoms with E-state index in [-0.39, 0.29) is 11.4 Å². The highest BCUT2D eigenvalue weighted by atomic mass is 79.9. The molecular formula is C29H17BrCl3N3O3. The van der Waals surface area contributed by atoms with Gasteiger partial charge >= 0.3 is 5.97 Å². The Bertz CT molecular complexity index is 1750. The third kappa shape index (κ3) is 5.87. The SMILES string of the molecule is O=C(Oc1ccc(Br)cc1C=NNC(=O)c1[nH]c2cc(Cl)cc(Cl)c2c1-c1ccccc1Cl)c1ccccc1. The first-order chi connectivity index (χ1) is 18.8. The van der Waals surface area contributed by atoms with E-state index < -0.39 is 11.9 Å². The van der Waals surface area contributed by atoms with E-state index in [1.807, 2.05) is 12.1 Å². The van der Waals surface area contributed by atoms with E-state index in [4.69, 9.17) is 39.5 Å². The Hall–Kier alpha value is -3.62. The van der Waals surface area contributed by atoms with E-state index in [9.17, 15) is 9.59 Å². The molecule has 0 radical (unpaired) electrons. The monoisotopic (exact) mass is 639 g/mol. The van der Waals surface area contributed by atoms with E-state index in [1.54, 1.807) is 72.8 Å². The first-order valence-electron chi connectivity index (χ1n) is 11.5. The third-order valence-corrected chi connectivity index (χ3v) is 7.08. The number of hydrazone groups is 1. The summed E-state index contributed by atoms with van der Waals surface area (Å²) in [4.78, 5) is 29.0. The summed E-state index contributed by atoms with van der Waals surface area (Å²) in [5.41, 5.74) is 5.30. The molecule has 6 nitrogen and oxygen atoms in total. The van der Waals surface area contributed by atoms with Gasteiger partial charge in [0.15, 0.2) is 0 Å². The molecule has 39 heavy (non-hydrogen) atoms. The van der Waals surface area contributed by atoms with E-state index in [0.717, 1.165) is 4.47 Å². The standard InChI is InChI=1S/C29H17BrCl3N3O3/c30-18-10-11-24(39-29(38)16-6-2-1-3-7-16)17(12-18)15-34-36-28(37)27-25(20-8-4-5-9-21(20)32)26-22(33)13-19(31)14-23(26)35-27/h1-15,35H,(H,36,37). The number of nitrogens with one attached hydrogen (secondary N) is 2. The number of benzene rings is 4. The molecule has 1 aromatic heterocycles. The topological polar surface area (TPSA) is 83.5 Å². The van der Waals surface area contributed by atoms with Crippen molar-refractivity contribution in [2.24, 2.45) is 5.10 Å². The number of halogens is 4. The minimum atomic E-state index is -0.539. The van der Waals surface area contributed by atoms with Crippen LogP contribution in [0, 0.1) is 0 Å². The third-order valence-electron chi connectivity index (χ3n) is 5.74. The summed E-state index contributed by atoms with van der Waals surface area (Å²) in [7, 11) is 0. The van der Waals surface area contributed by atoms with Crippen LogP contribution < -0.4 is 10.2 Å². The maximum atomic E-state index is 13.4. The quantitative estimate of drug-likeness (QED) is 0.0844. The molecule has 194 valence electrons. The fourth-order valence-corrected chi connectivity index (χ4v) is 5.21. The van der Waals surface area contributed by atoms with Gasteiger partial charge in [-0.3, -0.25) is 4.79 Å². The van der Waals surface area contributed by atoms with Gasteiger partial charge in [0.2, 0.25) is 0 Å². The summed E-state index contributed by atoms with van der Waals surface area (Å²) >= 11 is 22.6. The van der Waals surface area contributed by atoms with Crippen molar-refractivity contribution < 1.29 is 14.3 Å². The highest BCUT2D eigenvalue weighted by molar-refractivity contribution is 9.10. The molecule has 0 bridgehead atoms. The first-order valence-corrected chi connectivity index (χ1v) is 13.4. The number of H-pyrrole nitrogens is 1. The second kappa shape index (κ2) is 11.6. The number of esters is 1. The lowest BCUT2D eigenvalue weighted by atomic mass is 10.0. The molecule has 0 spiro atoms. The molecule has 10 heteroatoms. The number of hydrogen-bond donors (Lipinski definition) is 2. The van der Waals surface area contributed by atoms with Crippen molar-refractivity contribution in [3.63, 3.8) is 0 Å². The molecular weight excluding hydrogens is 625 g/mol. The second-order valence-corrected chi connectivity index (χ2v) is 10.5. The van der Waals surface area contributed by atoms with Gasteiger partial charge in [0.25, 0.3) is 5.91 Å². The molecule has 4 aromatic carbocycles. The summed E-state index contributed by atoms with van der Waals surface area (Å²) in [5.74, 6) is -0.786. The largest absolute Gasteiger partial charge is 0.422 e. The molecule has 0 aliphatic heterocycles. The van der Waals surface area contributed by atoms with Gasteiger partial charge in [-0.25, -0.2) is 10.2 Å². The predicted octanol–water partition coefficient (Wildman–Crippen LogP) is 8.54. The lowest BCUT2D eigenvalue weighted by Crippen LogP contribution is -2.19. The fourth-order valence-electron chi connectivity index (χ4n) is 4.01. The zero-order chi connectivity index (χ0) is 27.5. The van der Waals surface area contributed by atoms with Crippen molar-refractivity contribution in [1.82, 2.24) is 10.4 Å². The van der Waals surface area contributed by atoms with Crippen LogP contribution in [0.4, 0.5) is 0 Å². The van der Waals surface area contributed by atoms with Crippen LogP contribution in [0.3, 0.4) is 0 Å². The molecule has 0 aliphatic rings.